The highest BCUT2D eigenvalue weighted by molar-refractivity contribution is 5.93. The quantitative estimate of drug-likeness (QED) is 0.642. The number of nitrogens with one attached hydrogen (secondary N) is 1. The lowest BCUT2D eigenvalue weighted by Gasteiger charge is -2.36. The summed E-state index contributed by atoms with van der Waals surface area (Å²) in [5.41, 5.74) is 2.29. The van der Waals surface area contributed by atoms with E-state index in [1.165, 1.54) is 19.3 Å². The minimum Gasteiger partial charge on any atom is -0.495 e. The van der Waals surface area contributed by atoms with E-state index in [2.05, 4.69) is 16.8 Å². The van der Waals surface area contributed by atoms with Crippen LogP contribution in [0.4, 0.5) is 5.69 Å². The van der Waals surface area contributed by atoms with Crippen molar-refractivity contribution in [3.05, 3.63) is 48.3 Å². The molecule has 1 atom stereocenters. The third-order valence-corrected chi connectivity index (χ3v) is 5.36. The Morgan fingerprint density at radius 1 is 1.39 bits per heavy atom. The first-order chi connectivity index (χ1) is 13.5. The van der Waals surface area contributed by atoms with Crippen LogP contribution in [-0.4, -0.2) is 35.2 Å². The van der Waals surface area contributed by atoms with E-state index in [-0.39, 0.29) is 12.3 Å². The Bertz CT molecular complexity index is 693. The Hall–Kier alpha value is -2.27. The molecule has 2 rings (SSSR count). The molecule has 1 aromatic carbocycles. The summed E-state index contributed by atoms with van der Waals surface area (Å²) in [6.07, 6.45) is 9.70. The second kappa shape index (κ2) is 10.9. The summed E-state index contributed by atoms with van der Waals surface area (Å²) in [6, 6.07) is 6.02. The summed E-state index contributed by atoms with van der Waals surface area (Å²) in [5.74, 6) is 0.490. The topological polar surface area (TPSA) is 61.8 Å². The highest BCUT2D eigenvalue weighted by atomic mass is 16.5. The van der Waals surface area contributed by atoms with Crippen LogP contribution in [0.25, 0.3) is 0 Å². The number of amides is 1. The number of benzene rings is 1. The third-order valence-electron chi connectivity index (χ3n) is 5.36. The number of anilines is 1. The molecule has 1 unspecified atom stereocenters. The van der Waals surface area contributed by atoms with E-state index in [0.29, 0.717) is 29.6 Å². The fourth-order valence-corrected chi connectivity index (χ4v) is 3.75. The monoisotopic (exact) mass is 386 g/mol. The molecule has 5 heteroatoms. The summed E-state index contributed by atoms with van der Waals surface area (Å²) in [5, 5.41) is 13.5. The van der Waals surface area contributed by atoms with E-state index in [1.54, 1.807) is 7.11 Å². The molecule has 0 spiro atoms. The maximum Gasteiger partial charge on any atom is 0.224 e. The molecule has 0 radical (unpaired) electrons. The van der Waals surface area contributed by atoms with Crippen molar-refractivity contribution in [3.63, 3.8) is 0 Å². The van der Waals surface area contributed by atoms with Gasteiger partial charge in [-0.05, 0) is 50.9 Å². The number of ether oxygens (including phenoxy) is 1. The van der Waals surface area contributed by atoms with Crippen molar-refractivity contribution >= 4 is 11.6 Å². The number of carbonyl (C=O) groups excluding carboxylic acids is 1. The maximum absolute atomic E-state index is 12.4. The highest BCUT2D eigenvalue weighted by Crippen LogP contribution is 2.29. The molecule has 1 amide bonds. The van der Waals surface area contributed by atoms with E-state index in [4.69, 9.17) is 4.74 Å². The van der Waals surface area contributed by atoms with Gasteiger partial charge in [-0.3, -0.25) is 4.79 Å². The maximum atomic E-state index is 12.4. The number of nitrogens with zero attached hydrogens (tertiary/aromatic N) is 1. The van der Waals surface area contributed by atoms with E-state index in [9.17, 15) is 9.90 Å². The summed E-state index contributed by atoms with van der Waals surface area (Å²) in [7, 11) is 1.58. The van der Waals surface area contributed by atoms with Crippen molar-refractivity contribution in [2.75, 3.05) is 12.4 Å². The molecule has 1 saturated carbocycles. The largest absolute Gasteiger partial charge is 0.495 e. The zero-order valence-electron chi connectivity index (χ0n) is 17.4. The SMILES string of the molecule is C=C(C(O)CCC(=O)Nc1c(C)cccc1OC)N(/C=C\C)C1CCCCC1. The highest BCUT2D eigenvalue weighted by Gasteiger charge is 2.24. The Balaban J connectivity index is 1.93. The third kappa shape index (κ3) is 5.86. The van der Waals surface area contributed by atoms with Gasteiger partial charge in [-0.2, -0.15) is 0 Å². The van der Waals surface area contributed by atoms with Gasteiger partial charge in [0.25, 0.3) is 0 Å². The number of rotatable bonds is 9. The fourth-order valence-electron chi connectivity index (χ4n) is 3.75. The van der Waals surface area contributed by atoms with Gasteiger partial charge in [0.1, 0.15) is 5.75 Å². The second-order valence-corrected chi connectivity index (χ2v) is 7.43. The van der Waals surface area contributed by atoms with Crippen LogP contribution in [0.3, 0.4) is 0 Å². The van der Waals surface area contributed by atoms with Gasteiger partial charge in [-0.1, -0.05) is 44.1 Å². The number of aliphatic hydroxyl groups excluding tert-OH is 1. The molecule has 2 N–H and O–H groups in total. The first kappa shape index (κ1) is 22.0. The van der Waals surface area contributed by atoms with Gasteiger partial charge in [0.15, 0.2) is 0 Å². The van der Waals surface area contributed by atoms with Gasteiger partial charge in [-0.25, -0.2) is 0 Å². The van der Waals surface area contributed by atoms with Crippen LogP contribution in [0.5, 0.6) is 5.75 Å². The van der Waals surface area contributed by atoms with E-state index in [1.807, 2.05) is 44.3 Å². The van der Waals surface area contributed by atoms with Crippen LogP contribution in [0.15, 0.2) is 42.8 Å². The molecule has 0 bridgehead atoms. The van der Waals surface area contributed by atoms with Crippen LogP contribution in [0.2, 0.25) is 0 Å². The molecule has 5 nitrogen and oxygen atoms in total. The molecular formula is C23H34N2O3. The Kier molecular flexibility index (Phi) is 8.58. The van der Waals surface area contributed by atoms with Crippen LogP contribution >= 0.6 is 0 Å². The van der Waals surface area contributed by atoms with E-state index >= 15 is 0 Å². The van der Waals surface area contributed by atoms with Gasteiger partial charge in [0.2, 0.25) is 5.91 Å². The first-order valence-corrected chi connectivity index (χ1v) is 10.2. The normalized spacial score (nSPS) is 16.0. The molecule has 0 aliphatic heterocycles. The summed E-state index contributed by atoms with van der Waals surface area (Å²) < 4.78 is 5.32. The van der Waals surface area contributed by atoms with Crippen molar-refractivity contribution in [1.82, 2.24) is 4.90 Å². The predicted octanol–water partition coefficient (Wildman–Crippen LogP) is 4.77. The van der Waals surface area contributed by atoms with Crippen molar-refractivity contribution in [3.8, 4) is 5.75 Å². The lowest BCUT2D eigenvalue weighted by Crippen LogP contribution is -2.36. The van der Waals surface area contributed by atoms with Crippen LogP contribution in [0.1, 0.15) is 57.4 Å². The minimum absolute atomic E-state index is 0.144. The average molecular weight is 387 g/mol. The Morgan fingerprint density at radius 2 is 2.11 bits per heavy atom. The Morgan fingerprint density at radius 3 is 2.75 bits per heavy atom. The lowest BCUT2D eigenvalue weighted by molar-refractivity contribution is -0.116. The van der Waals surface area contributed by atoms with Gasteiger partial charge < -0.3 is 20.1 Å². The predicted molar refractivity (Wildman–Crippen MR) is 114 cm³/mol. The molecule has 0 saturated heterocycles. The fraction of sp³-hybridized carbons (Fsp3) is 0.522. The second-order valence-electron chi connectivity index (χ2n) is 7.43. The van der Waals surface area contributed by atoms with E-state index in [0.717, 1.165) is 18.4 Å². The van der Waals surface area contributed by atoms with Gasteiger partial charge in [0.05, 0.1) is 18.9 Å². The molecule has 154 valence electrons. The molecule has 1 aromatic rings. The standard InChI is InChI=1S/C23H34N2O3/c1-5-16-25(19-11-7-6-8-12-19)18(3)20(26)14-15-22(27)24-23-17(2)10-9-13-21(23)28-4/h5,9-10,13,16,19-20,26H,3,6-8,11-12,14-15H2,1-2,4H3,(H,24,27)/b16-5-. The van der Waals surface area contributed by atoms with Crippen LogP contribution < -0.4 is 10.1 Å². The van der Waals surface area contributed by atoms with Gasteiger partial charge in [0, 0.05) is 18.2 Å². The lowest BCUT2D eigenvalue weighted by atomic mass is 9.93. The minimum atomic E-state index is -0.748. The summed E-state index contributed by atoms with van der Waals surface area (Å²) in [4.78, 5) is 14.5. The molecule has 1 aliphatic carbocycles. The number of aryl methyl sites for hydroxylation is 1. The molecular weight excluding hydrogens is 352 g/mol. The Labute approximate surface area is 169 Å². The van der Waals surface area contributed by atoms with E-state index < -0.39 is 6.10 Å². The van der Waals surface area contributed by atoms with Crippen molar-refractivity contribution < 1.29 is 14.6 Å². The number of para-hydroxylation sites is 1. The zero-order chi connectivity index (χ0) is 20.5. The van der Waals surface area contributed by atoms with Crippen LogP contribution in [-0.2, 0) is 4.79 Å². The first-order valence-electron chi connectivity index (χ1n) is 10.2. The average Bonchev–Trinajstić information content (AvgIpc) is 2.71. The summed E-state index contributed by atoms with van der Waals surface area (Å²) in [6.45, 7) is 8.02. The molecule has 28 heavy (non-hydrogen) atoms. The number of aliphatic hydroxyl groups is 1. The summed E-state index contributed by atoms with van der Waals surface area (Å²) >= 11 is 0. The van der Waals surface area contributed by atoms with Crippen molar-refractivity contribution in [1.29, 1.82) is 0 Å². The molecule has 1 fully saturated rings. The number of hydrogen-bond acceptors (Lipinski definition) is 4. The number of methoxy groups -OCH3 is 1. The van der Waals surface area contributed by atoms with Crippen molar-refractivity contribution in [2.24, 2.45) is 0 Å². The molecule has 0 heterocycles. The molecule has 0 aromatic heterocycles. The molecule has 1 aliphatic rings. The number of carbonyl (C=O) groups is 1. The number of allylic oxidation sites excluding steroid dienone is 1. The smallest absolute Gasteiger partial charge is 0.224 e. The van der Waals surface area contributed by atoms with Gasteiger partial charge in [-0.15, -0.1) is 0 Å². The van der Waals surface area contributed by atoms with Crippen molar-refractivity contribution in [2.45, 2.75) is 70.9 Å². The van der Waals surface area contributed by atoms with Gasteiger partial charge >= 0.3 is 0 Å². The zero-order valence-corrected chi connectivity index (χ0v) is 17.4. The van der Waals surface area contributed by atoms with Crippen LogP contribution in [0, 0.1) is 6.92 Å². The number of hydrogen-bond donors (Lipinski definition) is 2.